The van der Waals surface area contributed by atoms with Gasteiger partial charge in [-0.15, -0.1) is 0 Å². The van der Waals surface area contributed by atoms with Crippen molar-refractivity contribution in [1.29, 1.82) is 0 Å². The van der Waals surface area contributed by atoms with Crippen molar-refractivity contribution in [3.05, 3.63) is 84.1 Å². The summed E-state index contributed by atoms with van der Waals surface area (Å²) in [6.45, 7) is 4.30. The number of fused-ring (bicyclic) bond motifs is 1. The van der Waals surface area contributed by atoms with Crippen molar-refractivity contribution >= 4 is 5.91 Å². The zero-order chi connectivity index (χ0) is 25.6. The SMILES string of the molecule is CCCCCOc1ccc(C2c3c(-c4ccc(OC)cc4)n[nH]c3C(=O)N2CCCn2ccnc2)cc1. The normalized spacial score (nSPS) is 14.7. The lowest BCUT2D eigenvalue weighted by Crippen LogP contribution is -2.31. The first kappa shape index (κ1) is 24.6. The molecule has 0 saturated carbocycles. The Morgan fingerprint density at radius 2 is 1.76 bits per heavy atom. The van der Waals surface area contributed by atoms with Gasteiger partial charge in [-0.25, -0.2) is 4.98 Å². The average molecular weight is 500 g/mol. The Morgan fingerprint density at radius 3 is 2.46 bits per heavy atom. The van der Waals surface area contributed by atoms with Crippen LogP contribution in [0.4, 0.5) is 0 Å². The first-order valence-electron chi connectivity index (χ1n) is 12.9. The van der Waals surface area contributed by atoms with Crippen molar-refractivity contribution in [3.63, 3.8) is 0 Å². The van der Waals surface area contributed by atoms with E-state index in [1.165, 1.54) is 0 Å². The Labute approximate surface area is 217 Å². The Balaban J connectivity index is 1.44. The van der Waals surface area contributed by atoms with Crippen molar-refractivity contribution in [2.24, 2.45) is 0 Å². The van der Waals surface area contributed by atoms with Gasteiger partial charge in [0.25, 0.3) is 5.91 Å². The van der Waals surface area contributed by atoms with Crippen LogP contribution in [0.15, 0.2) is 67.3 Å². The summed E-state index contributed by atoms with van der Waals surface area (Å²) in [6.07, 6.45) is 9.70. The molecule has 0 radical (unpaired) electrons. The molecule has 1 N–H and O–H groups in total. The molecule has 2 aromatic heterocycles. The molecule has 192 valence electrons. The first-order chi connectivity index (χ1) is 18.2. The minimum atomic E-state index is -0.240. The quantitative estimate of drug-likeness (QED) is 0.261. The molecule has 5 rings (SSSR count). The highest BCUT2D eigenvalue weighted by molar-refractivity contribution is 6.00. The van der Waals surface area contributed by atoms with E-state index >= 15 is 0 Å². The van der Waals surface area contributed by atoms with E-state index in [0.29, 0.717) is 18.8 Å². The molecule has 4 aromatic rings. The largest absolute Gasteiger partial charge is 0.497 e. The number of hydrogen-bond acceptors (Lipinski definition) is 5. The molecule has 1 aliphatic heterocycles. The van der Waals surface area contributed by atoms with Gasteiger partial charge in [-0.2, -0.15) is 5.10 Å². The molecule has 1 amide bonds. The van der Waals surface area contributed by atoms with Crippen molar-refractivity contribution < 1.29 is 14.3 Å². The summed E-state index contributed by atoms with van der Waals surface area (Å²) >= 11 is 0. The van der Waals surface area contributed by atoms with Crippen LogP contribution in [-0.2, 0) is 6.54 Å². The molecule has 2 aromatic carbocycles. The lowest BCUT2D eigenvalue weighted by Gasteiger charge is -2.26. The molecular formula is C29H33N5O3. The molecule has 0 fully saturated rings. The number of carbonyl (C=O) groups is 1. The molecular weight excluding hydrogens is 466 g/mol. The summed E-state index contributed by atoms with van der Waals surface area (Å²) in [5.74, 6) is 1.59. The number of unbranched alkanes of at least 4 members (excludes halogenated alkanes) is 2. The third-order valence-corrected chi connectivity index (χ3v) is 6.81. The van der Waals surface area contributed by atoms with Crippen LogP contribution in [0.5, 0.6) is 11.5 Å². The van der Waals surface area contributed by atoms with Crippen LogP contribution >= 0.6 is 0 Å². The second kappa shape index (κ2) is 11.3. The van der Waals surface area contributed by atoms with Crippen LogP contribution in [-0.4, -0.2) is 50.8 Å². The van der Waals surface area contributed by atoms with Crippen LogP contribution in [0.2, 0.25) is 0 Å². The lowest BCUT2D eigenvalue weighted by molar-refractivity contribution is 0.0739. The number of ether oxygens (including phenoxy) is 2. The number of imidazole rings is 1. The number of rotatable bonds is 12. The maximum absolute atomic E-state index is 13.6. The van der Waals surface area contributed by atoms with Gasteiger partial charge >= 0.3 is 0 Å². The maximum atomic E-state index is 13.6. The third kappa shape index (κ3) is 5.23. The Hall–Kier alpha value is -4.07. The molecule has 0 bridgehead atoms. The summed E-state index contributed by atoms with van der Waals surface area (Å²) in [6, 6.07) is 15.7. The summed E-state index contributed by atoms with van der Waals surface area (Å²) in [7, 11) is 1.65. The van der Waals surface area contributed by atoms with E-state index in [-0.39, 0.29) is 11.9 Å². The second-order valence-electron chi connectivity index (χ2n) is 9.27. The van der Waals surface area contributed by atoms with E-state index in [9.17, 15) is 4.79 Å². The summed E-state index contributed by atoms with van der Waals surface area (Å²) in [5.41, 5.74) is 4.22. The van der Waals surface area contributed by atoms with Gasteiger partial charge in [0.15, 0.2) is 0 Å². The molecule has 3 heterocycles. The van der Waals surface area contributed by atoms with Gasteiger partial charge in [-0.05, 0) is 54.8 Å². The minimum absolute atomic E-state index is 0.0298. The van der Waals surface area contributed by atoms with Gasteiger partial charge in [-0.3, -0.25) is 9.89 Å². The molecule has 0 spiro atoms. The topological polar surface area (TPSA) is 85.3 Å². The number of benzene rings is 2. The fourth-order valence-corrected chi connectivity index (χ4v) is 4.87. The van der Waals surface area contributed by atoms with Gasteiger partial charge in [0.1, 0.15) is 17.2 Å². The number of H-pyrrole nitrogens is 1. The zero-order valence-corrected chi connectivity index (χ0v) is 21.4. The predicted molar refractivity (Wildman–Crippen MR) is 142 cm³/mol. The lowest BCUT2D eigenvalue weighted by atomic mass is 9.96. The minimum Gasteiger partial charge on any atom is -0.497 e. The van der Waals surface area contributed by atoms with Crippen LogP contribution in [0.3, 0.4) is 0 Å². The molecule has 0 aliphatic carbocycles. The van der Waals surface area contributed by atoms with Gasteiger partial charge in [0, 0.05) is 36.6 Å². The number of nitrogens with zero attached hydrogens (tertiary/aromatic N) is 4. The van der Waals surface area contributed by atoms with E-state index in [0.717, 1.165) is 66.1 Å². The fraction of sp³-hybridized carbons (Fsp3) is 0.345. The van der Waals surface area contributed by atoms with E-state index < -0.39 is 0 Å². The van der Waals surface area contributed by atoms with E-state index in [4.69, 9.17) is 9.47 Å². The van der Waals surface area contributed by atoms with E-state index in [2.05, 4.69) is 34.2 Å². The number of methoxy groups -OCH3 is 1. The first-order valence-corrected chi connectivity index (χ1v) is 12.9. The third-order valence-electron chi connectivity index (χ3n) is 6.81. The van der Waals surface area contributed by atoms with Crippen molar-refractivity contribution in [3.8, 4) is 22.8 Å². The second-order valence-corrected chi connectivity index (χ2v) is 9.27. The number of hydrogen-bond donors (Lipinski definition) is 1. The average Bonchev–Trinajstić information content (AvgIpc) is 3.66. The number of aromatic nitrogens is 4. The number of aromatic amines is 1. The van der Waals surface area contributed by atoms with Gasteiger partial charge in [0.05, 0.1) is 31.8 Å². The van der Waals surface area contributed by atoms with Crippen LogP contribution in [0.25, 0.3) is 11.3 Å². The monoisotopic (exact) mass is 499 g/mol. The number of carbonyl (C=O) groups excluding carboxylic acids is 1. The van der Waals surface area contributed by atoms with E-state index in [1.807, 2.05) is 52.1 Å². The van der Waals surface area contributed by atoms with Crippen molar-refractivity contribution in [1.82, 2.24) is 24.6 Å². The highest BCUT2D eigenvalue weighted by Crippen LogP contribution is 2.43. The van der Waals surface area contributed by atoms with Gasteiger partial charge < -0.3 is 18.9 Å². The molecule has 1 atom stereocenters. The van der Waals surface area contributed by atoms with Crippen molar-refractivity contribution in [2.75, 3.05) is 20.3 Å². The van der Waals surface area contributed by atoms with Gasteiger partial charge in [-0.1, -0.05) is 31.9 Å². The molecule has 0 saturated heterocycles. The van der Waals surface area contributed by atoms with Gasteiger partial charge in [0.2, 0.25) is 0 Å². The Bertz CT molecular complexity index is 1300. The smallest absolute Gasteiger partial charge is 0.273 e. The Morgan fingerprint density at radius 1 is 0.973 bits per heavy atom. The van der Waals surface area contributed by atoms with E-state index in [1.54, 1.807) is 19.6 Å². The van der Waals surface area contributed by atoms with Crippen LogP contribution in [0.1, 0.15) is 60.3 Å². The van der Waals surface area contributed by atoms with Crippen LogP contribution in [0, 0.1) is 0 Å². The molecule has 8 heteroatoms. The summed E-state index contributed by atoms with van der Waals surface area (Å²) < 4.78 is 13.3. The number of aryl methyl sites for hydroxylation is 1. The summed E-state index contributed by atoms with van der Waals surface area (Å²) in [4.78, 5) is 19.6. The summed E-state index contributed by atoms with van der Waals surface area (Å²) in [5, 5.41) is 7.61. The molecule has 1 unspecified atom stereocenters. The van der Waals surface area contributed by atoms with Crippen molar-refractivity contribution in [2.45, 2.75) is 45.2 Å². The highest BCUT2D eigenvalue weighted by Gasteiger charge is 2.41. The number of amides is 1. The van der Waals surface area contributed by atoms with Crippen LogP contribution < -0.4 is 9.47 Å². The molecule has 8 nitrogen and oxygen atoms in total. The standard InChI is InChI=1S/C29H33N5O3/c1-3-4-5-19-37-24-13-9-22(10-14-24)28-25-26(21-7-11-23(36-2)12-8-21)31-32-27(25)29(35)34(28)17-6-16-33-18-15-30-20-33/h7-15,18,20,28H,3-6,16-17,19H2,1-2H3,(H,31,32). The zero-order valence-electron chi connectivity index (χ0n) is 21.4. The Kier molecular flexibility index (Phi) is 7.54. The maximum Gasteiger partial charge on any atom is 0.273 e. The molecule has 37 heavy (non-hydrogen) atoms. The predicted octanol–water partition coefficient (Wildman–Crippen LogP) is 5.49. The number of nitrogens with one attached hydrogen (secondary N) is 1. The highest BCUT2D eigenvalue weighted by atomic mass is 16.5. The fourth-order valence-electron chi connectivity index (χ4n) is 4.87. The molecule has 1 aliphatic rings.